The molecule has 1 unspecified atom stereocenters. The number of furan rings is 1. The van der Waals surface area contributed by atoms with Crippen LogP contribution in [-0.2, 0) is 0 Å². The first-order chi connectivity index (χ1) is 9.56. The van der Waals surface area contributed by atoms with Gasteiger partial charge in [0, 0.05) is 15.4 Å². The molecular formula is C15H10BrF2NO. The highest BCUT2D eigenvalue weighted by Gasteiger charge is 2.19. The molecule has 5 heteroatoms. The number of rotatable bonds is 2. The predicted molar refractivity (Wildman–Crippen MR) is 76.3 cm³/mol. The molecule has 0 bridgehead atoms. The van der Waals surface area contributed by atoms with Crippen LogP contribution in [0.15, 0.2) is 51.4 Å². The molecule has 0 amide bonds. The lowest BCUT2D eigenvalue weighted by atomic mass is 10.0. The van der Waals surface area contributed by atoms with E-state index in [-0.39, 0.29) is 5.56 Å². The quantitative estimate of drug-likeness (QED) is 0.746. The third-order valence-electron chi connectivity index (χ3n) is 3.12. The van der Waals surface area contributed by atoms with E-state index in [2.05, 4.69) is 15.9 Å². The van der Waals surface area contributed by atoms with Crippen molar-refractivity contribution in [2.75, 3.05) is 0 Å². The van der Waals surface area contributed by atoms with Crippen molar-refractivity contribution < 1.29 is 13.2 Å². The Kier molecular flexibility index (Phi) is 3.31. The largest absolute Gasteiger partial charge is 0.459 e. The molecule has 0 radical (unpaired) electrons. The van der Waals surface area contributed by atoms with Gasteiger partial charge in [-0.2, -0.15) is 0 Å². The summed E-state index contributed by atoms with van der Waals surface area (Å²) < 4.78 is 33.5. The summed E-state index contributed by atoms with van der Waals surface area (Å²) in [6.07, 6.45) is 0. The topological polar surface area (TPSA) is 39.2 Å². The monoisotopic (exact) mass is 337 g/mol. The zero-order valence-electron chi connectivity index (χ0n) is 10.2. The first-order valence-electron chi connectivity index (χ1n) is 5.95. The fourth-order valence-corrected chi connectivity index (χ4v) is 2.48. The van der Waals surface area contributed by atoms with Crippen molar-refractivity contribution in [3.63, 3.8) is 0 Å². The summed E-state index contributed by atoms with van der Waals surface area (Å²) in [7, 11) is 0. The molecule has 1 atom stereocenters. The number of halogens is 3. The summed E-state index contributed by atoms with van der Waals surface area (Å²) in [5.74, 6) is -1.47. The molecule has 2 nitrogen and oxygen atoms in total. The van der Waals surface area contributed by atoms with E-state index in [1.807, 2.05) is 12.1 Å². The third kappa shape index (κ3) is 2.23. The molecule has 0 spiro atoms. The summed E-state index contributed by atoms with van der Waals surface area (Å²) in [5, 5.41) is 0.849. The Labute approximate surface area is 122 Å². The second-order valence-corrected chi connectivity index (χ2v) is 5.37. The van der Waals surface area contributed by atoms with Crippen LogP contribution in [0.4, 0.5) is 8.78 Å². The van der Waals surface area contributed by atoms with E-state index in [9.17, 15) is 8.78 Å². The Bertz CT molecular complexity index is 785. The fourth-order valence-electron chi connectivity index (χ4n) is 2.10. The molecule has 2 aromatic carbocycles. The van der Waals surface area contributed by atoms with Gasteiger partial charge in [-0.05, 0) is 30.3 Å². The van der Waals surface area contributed by atoms with Gasteiger partial charge in [0.25, 0.3) is 0 Å². The highest BCUT2D eigenvalue weighted by molar-refractivity contribution is 9.10. The van der Waals surface area contributed by atoms with E-state index in [1.165, 1.54) is 12.1 Å². The summed E-state index contributed by atoms with van der Waals surface area (Å²) in [4.78, 5) is 0. The number of nitrogens with two attached hydrogens (primary N) is 1. The Morgan fingerprint density at radius 1 is 1.10 bits per heavy atom. The van der Waals surface area contributed by atoms with Crippen LogP contribution >= 0.6 is 15.9 Å². The molecule has 3 rings (SSSR count). The number of hydrogen-bond acceptors (Lipinski definition) is 2. The van der Waals surface area contributed by atoms with Crippen molar-refractivity contribution in [1.29, 1.82) is 0 Å². The third-order valence-corrected chi connectivity index (χ3v) is 3.61. The molecule has 1 heterocycles. The molecule has 0 fully saturated rings. The van der Waals surface area contributed by atoms with Gasteiger partial charge in [-0.3, -0.25) is 0 Å². The molecule has 3 aromatic rings. The van der Waals surface area contributed by atoms with Gasteiger partial charge < -0.3 is 10.2 Å². The number of fused-ring (bicyclic) bond motifs is 1. The molecule has 1 aromatic heterocycles. The van der Waals surface area contributed by atoms with Crippen LogP contribution in [0, 0.1) is 11.6 Å². The standard InChI is InChI=1S/C15H10BrF2NO/c16-9-4-5-12-8(6-9)7-13(20-12)15(19)10-2-1-3-11(17)14(10)18/h1-7,15H,19H2. The molecular weight excluding hydrogens is 328 g/mol. The molecule has 2 N–H and O–H groups in total. The predicted octanol–water partition coefficient (Wildman–Crippen LogP) is 4.52. The van der Waals surface area contributed by atoms with Crippen molar-refractivity contribution >= 4 is 26.9 Å². The maximum atomic E-state index is 13.8. The van der Waals surface area contributed by atoms with Crippen molar-refractivity contribution in [1.82, 2.24) is 0 Å². The second-order valence-electron chi connectivity index (χ2n) is 4.45. The Hall–Kier alpha value is -1.72. The van der Waals surface area contributed by atoms with Gasteiger partial charge in [0.2, 0.25) is 0 Å². The van der Waals surface area contributed by atoms with Crippen molar-refractivity contribution in [3.8, 4) is 0 Å². The van der Waals surface area contributed by atoms with E-state index in [4.69, 9.17) is 10.2 Å². The molecule has 20 heavy (non-hydrogen) atoms. The zero-order chi connectivity index (χ0) is 14.3. The maximum absolute atomic E-state index is 13.8. The summed E-state index contributed by atoms with van der Waals surface area (Å²) in [5.41, 5.74) is 6.70. The molecule has 0 saturated heterocycles. The van der Waals surface area contributed by atoms with Gasteiger partial charge in [0.05, 0.1) is 6.04 Å². The molecule has 0 aliphatic rings. The normalized spacial score (nSPS) is 12.8. The SMILES string of the molecule is NC(c1cc2cc(Br)ccc2o1)c1cccc(F)c1F. The lowest BCUT2D eigenvalue weighted by molar-refractivity contribution is 0.475. The zero-order valence-corrected chi connectivity index (χ0v) is 11.8. The van der Waals surface area contributed by atoms with E-state index in [0.29, 0.717) is 11.3 Å². The minimum Gasteiger partial charge on any atom is -0.459 e. The number of hydrogen-bond donors (Lipinski definition) is 1. The highest BCUT2D eigenvalue weighted by Crippen LogP contribution is 2.30. The minimum absolute atomic E-state index is 0.0723. The van der Waals surface area contributed by atoms with Crippen LogP contribution in [0.3, 0.4) is 0 Å². The van der Waals surface area contributed by atoms with Gasteiger partial charge in [-0.25, -0.2) is 8.78 Å². The van der Waals surface area contributed by atoms with Gasteiger partial charge >= 0.3 is 0 Å². The van der Waals surface area contributed by atoms with Crippen LogP contribution in [0.2, 0.25) is 0 Å². The van der Waals surface area contributed by atoms with E-state index >= 15 is 0 Å². The maximum Gasteiger partial charge on any atom is 0.164 e. The van der Waals surface area contributed by atoms with Gasteiger partial charge in [-0.1, -0.05) is 28.1 Å². The number of benzene rings is 2. The van der Waals surface area contributed by atoms with Crippen LogP contribution in [-0.4, -0.2) is 0 Å². The first kappa shape index (κ1) is 13.3. The van der Waals surface area contributed by atoms with Crippen molar-refractivity contribution in [3.05, 3.63) is 69.9 Å². The van der Waals surface area contributed by atoms with Gasteiger partial charge in [0.15, 0.2) is 11.6 Å². The summed E-state index contributed by atoms with van der Waals surface area (Å²) in [6, 6.07) is 10.3. The van der Waals surface area contributed by atoms with E-state index in [0.717, 1.165) is 15.9 Å². The summed E-state index contributed by atoms with van der Waals surface area (Å²) in [6.45, 7) is 0. The van der Waals surface area contributed by atoms with E-state index < -0.39 is 17.7 Å². The van der Waals surface area contributed by atoms with Gasteiger partial charge in [0.1, 0.15) is 11.3 Å². The minimum atomic E-state index is -0.943. The van der Waals surface area contributed by atoms with Crippen LogP contribution < -0.4 is 5.73 Å². The summed E-state index contributed by atoms with van der Waals surface area (Å²) >= 11 is 3.36. The lowest BCUT2D eigenvalue weighted by Gasteiger charge is -2.10. The fraction of sp³-hybridized carbons (Fsp3) is 0.0667. The smallest absolute Gasteiger partial charge is 0.164 e. The van der Waals surface area contributed by atoms with Crippen molar-refractivity contribution in [2.24, 2.45) is 5.73 Å². The highest BCUT2D eigenvalue weighted by atomic mass is 79.9. The average molecular weight is 338 g/mol. The van der Waals surface area contributed by atoms with E-state index in [1.54, 1.807) is 12.1 Å². The molecule has 0 aliphatic carbocycles. The first-order valence-corrected chi connectivity index (χ1v) is 6.74. The Morgan fingerprint density at radius 3 is 2.70 bits per heavy atom. The average Bonchev–Trinajstić information content (AvgIpc) is 2.84. The second kappa shape index (κ2) is 5.00. The Morgan fingerprint density at radius 2 is 1.90 bits per heavy atom. The molecule has 0 saturated carbocycles. The van der Waals surface area contributed by atoms with Crippen molar-refractivity contribution in [2.45, 2.75) is 6.04 Å². The molecule has 102 valence electrons. The van der Waals surface area contributed by atoms with Crippen LogP contribution in [0.1, 0.15) is 17.4 Å². The van der Waals surface area contributed by atoms with Crippen LogP contribution in [0.25, 0.3) is 11.0 Å². The molecule has 0 aliphatic heterocycles. The van der Waals surface area contributed by atoms with Crippen LogP contribution in [0.5, 0.6) is 0 Å². The Balaban J connectivity index is 2.08. The van der Waals surface area contributed by atoms with Gasteiger partial charge in [-0.15, -0.1) is 0 Å². The lowest BCUT2D eigenvalue weighted by Crippen LogP contribution is -2.13.